The third-order valence-electron chi connectivity index (χ3n) is 5.91. The smallest absolute Gasteiger partial charge is 0.258 e. The molecule has 1 aromatic heterocycles. The van der Waals surface area contributed by atoms with E-state index in [1.807, 2.05) is 86.6 Å². The van der Waals surface area contributed by atoms with Gasteiger partial charge in [-0.3, -0.25) is 14.6 Å². The summed E-state index contributed by atoms with van der Waals surface area (Å²) in [4.78, 5) is 32.0. The molecule has 35 heavy (non-hydrogen) atoms. The highest BCUT2D eigenvalue weighted by Gasteiger charge is 2.20. The number of rotatable bonds is 8. The molecular formula is C30H29N3O2. The maximum Gasteiger partial charge on any atom is 0.258 e. The van der Waals surface area contributed by atoms with Gasteiger partial charge in [0, 0.05) is 30.2 Å². The lowest BCUT2D eigenvalue weighted by molar-refractivity contribution is -0.120. The number of amides is 2. The van der Waals surface area contributed by atoms with Crippen LogP contribution in [0.25, 0.3) is 0 Å². The lowest BCUT2D eigenvalue weighted by atomic mass is 10.0. The third-order valence-corrected chi connectivity index (χ3v) is 5.91. The van der Waals surface area contributed by atoms with E-state index in [9.17, 15) is 9.59 Å². The van der Waals surface area contributed by atoms with Gasteiger partial charge in [0.2, 0.25) is 5.91 Å². The molecule has 0 bridgehead atoms. The summed E-state index contributed by atoms with van der Waals surface area (Å²) >= 11 is 0. The van der Waals surface area contributed by atoms with Crippen molar-refractivity contribution in [1.29, 1.82) is 0 Å². The summed E-state index contributed by atoms with van der Waals surface area (Å²) in [7, 11) is 0. The van der Waals surface area contributed by atoms with E-state index in [1.54, 1.807) is 17.3 Å². The van der Waals surface area contributed by atoms with Crippen molar-refractivity contribution < 1.29 is 9.59 Å². The first-order valence-corrected chi connectivity index (χ1v) is 11.7. The highest BCUT2D eigenvalue weighted by atomic mass is 16.2. The van der Waals surface area contributed by atoms with Gasteiger partial charge in [-0.25, -0.2) is 0 Å². The Labute approximate surface area is 206 Å². The number of benzene rings is 3. The topological polar surface area (TPSA) is 62.3 Å². The highest BCUT2D eigenvalue weighted by Crippen LogP contribution is 2.23. The Morgan fingerprint density at radius 2 is 1.54 bits per heavy atom. The van der Waals surface area contributed by atoms with Crippen LogP contribution < -0.4 is 10.2 Å². The van der Waals surface area contributed by atoms with E-state index in [0.717, 1.165) is 27.9 Å². The number of nitrogens with zero attached hydrogens (tertiary/aromatic N) is 2. The Morgan fingerprint density at radius 3 is 2.29 bits per heavy atom. The van der Waals surface area contributed by atoms with Crippen LogP contribution in [0.5, 0.6) is 0 Å². The minimum atomic E-state index is -0.0747. The van der Waals surface area contributed by atoms with Crippen LogP contribution in [-0.4, -0.2) is 16.8 Å². The summed E-state index contributed by atoms with van der Waals surface area (Å²) in [5, 5.41) is 2.95. The van der Waals surface area contributed by atoms with Crippen molar-refractivity contribution in [2.45, 2.75) is 33.4 Å². The molecule has 5 heteroatoms. The SMILES string of the molecule is Cc1ccc(CN(C(=O)c2ccccc2C)c2cccc(CC(=O)NCc3ccncc3)c2)cc1. The van der Waals surface area contributed by atoms with Crippen LogP contribution in [0.4, 0.5) is 5.69 Å². The molecule has 4 aromatic rings. The van der Waals surface area contributed by atoms with Gasteiger partial charge in [-0.15, -0.1) is 0 Å². The van der Waals surface area contributed by atoms with Crippen molar-refractivity contribution in [1.82, 2.24) is 10.3 Å². The van der Waals surface area contributed by atoms with Crippen LogP contribution in [0.2, 0.25) is 0 Å². The number of aromatic nitrogens is 1. The molecule has 0 radical (unpaired) electrons. The molecule has 3 aromatic carbocycles. The van der Waals surface area contributed by atoms with Gasteiger partial charge in [0.1, 0.15) is 0 Å². The summed E-state index contributed by atoms with van der Waals surface area (Å²) in [6.07, 6.45) is 3.65. The fraction of sp³-hybridized carbons (Fsp3) is 0.167. The number of anilines is 1. The number of carbonyl (C=O) groups excluding carboxylic acids is 2. The summed E-state index contributed by atoms with van der Waals surface area (Å²) < 4.78 is 0. The van der Waals surface area contributed by atoms with Gasteiger partial charge in [0.05, 0.1) is 13.0 Å². The zero-order chi connectivity index (χ0) is 24.6. The van der Waals surface area contributed by atoms with Gasteiger partial charge in [0.15, 0.2) is 0 Å². The third kappa shape index (κ3) is 6.42. The molecule has 2 amide bonds. The minimum Gasteiger partial charge on any atom is -0.352 e. The van der Waals surface area contributed by atoms with Gasteiger partial charge in [-0.05, 0) is 66.4 Å². The highest BCUT2D eigenvalue weighted by molar-refractivity contribution is 6.07. The summed E-state index contributed by atoms with van der Waals surface area (Å²) in [5.74, 6) is -0.141. The van der Waals surface area contributed by atoms with Crippen molar-refractivity contribution >= 4 is 17.5 Å². The Hall–Kier alpha value is -4.25. The first-order valence-electron chi connectivity index (χ1n) is 11.7. The predicted octanol–water partition coefficient (Wildman–Crippen LogP) is 5.40. The van der Waals surface area contributed by atoms with E-state index in [1.165, 1.54) is 5.56 Å². The average Bonchev–Trinajstić information content (AvgIpc) is 2.88. The average molecular weight is 464 g/mol. The molecule has 0 aliphatic heterocycles. The van der Waals surface area contributed by atoms with Crippen LogP contribution in [0, 0.1) is 13.8 Å². The van der Waals surface area contributed by atoms with E-state index in [-0.39, 0.29) is 18.2 Å². The Bertz CT molecular complexity index is 1300. The molecule has 0 spiro atoms. The molecule has 0 aliphatic carbocycles. The molecule has 0 aliphatic rings. The lowest BCUT2D eigenvalue weighted by Crippen LogP contribution is -2.31. The number of pyridine rings is 1. The van der Waals surface area contributed by atoms with Crippen molar-refractivity contribution in [3.63, 3.8) is 0 Å². The number of hydrogen-bond donors (Lipinski definition) is 1. The second kappa shape index (κ2) is 11.3. The summed E-state index contributed by atoms with van der Waals surface area (Å²) in [5.41, 5.74) is 6.41. The van der Waals surface area contributed by atoms with Crippen LogP contribution in [0.3, 0.4) is 0 Å². The number of hydrogen-bond acceptors (Lipinski definition) is 3. The van der Waals surface area contributed by atoms with Crippen LogP contribution in [-0.2, 0) is 24.3 Å². The van der Waals surface area contributed by atoms with E-state index < -0.39 is 0 Å². The van der Waals surface area contributed by atoms with E-state index in [4.69, 9.17) is 0 Å². The molecule has 0 saturated carbocycles. The summed E-state index contributed by atoms with van der Waals surface area (Å²) in [6, 6.07) is 27.2. The molecule has 0 fully saturated rings. The minimum absolute atomic E-state index is 0.0667. The van der Waals surface area contributed by atoms with Gasteiger partial charge in [0.25, 0.3) is 5.91 Å². The standard InChI is InChI=1S/C30H29N3O2/c1-22-10-12-25(13-11-22)21-33(30(35)28-9-4-3-6-23(28)2)27-8-5-7-26(18-27)19-29(34)32-20-24-14-16-31-17-15-24/h3-18H,19-21H2,1-2H3,(H,32,34). The van der Waals surface area contributed by atoms with Gasteiger partial charge in [-0.1, -0.05) is 60.2 Å². The predicted molar refractivity (Wildman–Crippen MR) is 139 cm³/mol. The quantitative estimate of drug-likeness (QED) is 0.380. The zero-order valence-electron chi connectivity index (χ0n) is 20.1. The molecule has 1 N–H and O–H groups in total. The molecule has 1 heterocycles. The maximum absolute atomic E-state index is 13.7. The van der Waals surface area contributed by atoms with Crippen molar-refractivity contribution in [2.24, 2.45) is 0 Å². The van der Waals surface area contributed by atoms with E-state index in [2.05, 4.69) is 22.4 Å². The maximum atomic E-state index is 13.7. The second-order valence-corrected chi connectivity index (χ2v) is 8.67. The van der Waals surface area contributed by atoms with E-state index in [0.29, 0.717) is 18.7 Å². The Balaban J connectivity index is 1.56. The van der Waals surface area contributed by atoms with Crippen LogP contribution >= 0.6 is 0 Å². The monoisotopic (exact) mass is 463 g/mol. The molecule has 0 unspecified atom stereocenters. The largest absolute Gasteiger partial charge is 0.352 e. The van der Waals surface area contributed by atoms with Crippen LogP contribution in [0.1, 0.15) is 38.2 Å². The number of carbonyl (C=O) groups is 2. The first-order chi connectivity index (χ1) is 17.0. The van der Waals surface area contributed by atoms with E-state index >= 15 is 0 Å². The number of nitrogens with one attached hydrogen (secondary N) is 1. The normalized spacial score (nSPS) is 10.6. The molecular weight excluding hydrogens is 434 g/mol. The Kier molecular flexibility index (Phi) is 7.68. The number of aryl methyl sites for hydroxylation is 2. The molecule has 5 nitrogen and oxygen atoms in total. The van der Waals surface area contributed by atoms with Gasteiger partial charge in [-0.2, -0.15) is 0 Å². The molecule has 0 atom stereocenters. The van der Waals surface area contributed by atoms with Gasteiger partial charge < -0.3 is 10.2 Å². The fourth-order valence-corrected chi connectivity index (χ4v) is 3.90. The zero-order valence-corrected chi connectivity index (χ0v) is 20.1. The molecule has 0 saturated heterocycles. The van der Waals surface area contributed by atoms with Crippen molar-refractivity contribution in [3.05, 3.63) is 131 Å². The fourth-order valence-electron chi connectivity index (χ4n) is 3.90. The lowest BCUT2D eigenvalue weighted by Gasteiger charge is -2.24. The van der Waals surface area contributed by atoms with Gasteiger partial charge >= 0.3 is 0 Å². The van der Waals surface area contributed by atoms with Crippen molar-refractivity contribution in [2.75, 3.05) is 4.90 Å². The summed E-state index contributed by atoms with van der Waals surface area (Å²) in [6.45, 7) is 4.88. The Morgan fingerprint density at radius 1 is 0.800 bits per heavy atom. The molecule has 4 rings (SSSR count). The molecule has 176 valence electrons. The first kappa shape index (κ1) is 23.9. The van der Waals surface area contributed by atoms with Crippen LogP contribution in [0.15, 0.2) is 97.3 Å². The van der Waals surface area contributed by atoms with Crippen molar-refractivity contribution in [3.8, 4) is 0 Å². The second-order valence-electron chi connectivity index (χ2n) is 8.67.